The van der Waals surface area contributed by atoms with Crippen molar-refractivity contribution in [3.63, 3.8) is 0 Å². The average molecular weight is 476 g/mol. The van der Waals surface area contributed by atoms with Gasteiger partial charge in [-0.05, 0) is 42.8 Å². The summed E-state index contributed by atoms with van der Waals surface area (Å²) in [6.45, 7) is 1.75. The number of carbonyl (C=O) groups is 1. The number of halogens is 1. The third-order valence-electron chi connectivity index (χ3n) is 5.78. The molecule has 1 N–H and O–H groups in total. The van der Waals surface area contributed by atoms with Crippen molar-refractivity contribution >= 4 is 23.2 Å². The van der Waals surface area contributed by atoms with Crippen molar-refractivity contribution in [1.29, 1.82) is 0 Å². The lowest BCUT2D eigenvalue weighted by Gasteiger charge is -2.21. The summed E-state index contributed by atoms with van der Waals surface area (Å²) < 4.78 is 14.7. The molecule has 5 rings (SSSR count). The van der Waals surface area contributed by atoms with Crippen molar-refractivity contribution in [2.45, 2.75) is 19.9 Å². The van der Waals surface area contributed by atoms with Crippen LogP contribution in [0, 0.1) is 6.92 Å². The molecule has 0 atom stereocenters. The first-order chi connectivity index (χ1) is 16.5. The summed E-state index contributed by atoms with van der Waals surface area (Å²) in [5.74, 6) is 1.11. The van der Waals surface area contributed by atoms with Crippen LogP contribution in [0.1, 0.15) is 16.7 Å². The molecule has 1 aliphatic rings. The number of nitrogens with zero attached hydrogens (tertiary/aromatic N) is 2. The minimum Gasteiger partial charge on any atom is -0.493 e. The quantitative estimate of drug-likeness (QED) is 0.390. The molecule has 172 valence electrons. The Morgan fingerprint density at radius 3 is 2.65 bits per heavy atom. The van der Waals surface area contributed by atoms with Gasteiger partial charge in [0.1, 0.15) is 6.54 Å². The summed E-state index contributed by atoms with van der Waals surface area (Å²) in [5.41, 5.74) is 3.21. The second-order valence-electron chi connectivity index (χ2n) is 8.03. The van der Waals surface area contributed by atoms with Crippen molar-refractivity contribution < 1.29 is 14.3 Å². The molecule has 34 heavy (non-hydrogen) atoms. The highest BCUT2D eigenvalue weighted by Gasteiger charge is 2.30. The molecule has 0 radical (unpaired) electrons. The van der Waals surface area contributed by atoms with Crippen molar-refractivity contribution in [1.82, 2.24) is 9.36 Å². The van der Waals surface area contributed by atoms with Gasteiger partial charge in [0.25, 0.3) is 5.56 Å². The van der Waals surface area contributed by atoms with Gasteiger partial charge in [-0.1, -0.05) is 48.0 Å². The average Bonchev–Trinajstić information content (AvgIpc) is 3.10. The fraction of sp³-hybridized carbons (Fsp3) is 0.154. The Balaban J connectivity index is 1.58. The van der Waals surface area contributed by atoms with E-state index in [0.29, 0.717) is 45.8 Å². The molecule has 0 saturated heterocycles. The maximum atomic E-state index is 13.5. The molecule has 1 aliphatic heterocycles. The van der Waals surface area contributed by atoms with Crippen molar-refractivity contribution in [3.05, 3.63) is 98.8 Å². The van der Waals surface area contributed by atoms with Crippen LogP contribution in [-0.2, 0) is 17.8 Å². The number of rotatable bonds is 5. The Kier molecular flexibility index (Phi) is 5.63. The number of hydrogen-bond acceptors (Lipinski definition) is 4. The largest absolute Gasteiger partial charge is 0.493 e. The molecule has 4 aromatic rings. The molecule has 0 saturated carbocycles. The molecule has 1 amide bonds. The lowest BCUT2D eigenvalue weighted by Crippen LogP contribution is -2.27. The van der Waals surface area contributed by atoms with Gasteiger partial charge in [-0.2, -0.15) is 0 Å². The lowest BCUT2D eigenvalue weighted by atomic mass is 10.0. The van der Waals surface area contributed by atoms with Crippen LogP contribution < -0.4 is 20.3 Å². The standard InChI is InChI=1S/C26H22ClN3O4/c1-16-11-12-18(14-21(16)27)28-23(31)15-29-26-20(25(32)30(29)19-8-4-3-5-9-19)13-17-7-6-10-22(33-2)24(17)34-26/h3-12,14H,13,15H2,1-2H3,(H,28,31). The fourth-order valence-corrected chi connectivity index (χ4v) is 4.26. The first-order valence-corrected chi connectivity index (χ1v) is 11.1. The van der Waals surface area contributed by atoms with E-state index in [-0.39, 0.29) is 18.0 Å². The van der Waals surface area contributed by atoms with Gasteiger partial charge in [-0.25, -0.2) is 9.36 Å². The number of ether oxygens (including phenoxy) is 2. The van der Waals surface area contributed by atoms with Gasteiger partial charge in [-0.3, -0.25) is 9.59 Å². The summed E-state index contributed by atoms with van der Waals surface area (Å²) in [5, 5.41) is 3.41. The first kappa shape index (κ1) is 21.9. The molecule has 0 aliphatic carbocycles. The Morgan fingerprint density at radius 1 is 1.12 bits per heavy atom. The Labute approximate surface area is 201 Å². The fourth-order valence-electron chi connectivity index (χ4n) is 4.08. The van der Waals surface area contributed by atoms with Gasteiger partial charge < -0.3 is 14.8 Å². The SMILES string of the molecule is COc1cccc2c1Oc1c(c(=O)n(-c3ccccc3)n1CC(=O)Nc1ccc(C)c(Cl)c1)C2. The zero-order valence-corrected chi connectivity index (χ0v) is 19.4. The van der Waals surface area contributed by atoms with E-state index < -0.39 is 0 Å². The third-order valence-corrected chi connectivity index (χ3v) is 6.19. The summed E-state index contributed by atoms with van der Waals surface area (Å²) in [6.07, 6.45) is 0.371. The Bertz CT molecular complexity index is 1460. The zero-order chi connectivity index (χ0) is 23.8. The number of amides is 1. The topological polar surface area (TPSA) is 74.5 Å². The maximum Gasteiger partial charge on any atom is 0.278 e. The number of fused-ring (bicyclic) bond motifs is 2. The van der Waals surface area contributed by atoms with E-state index in [1.807, 2.05) is 55.5 Å². The number of para-hydroxylation sites is 2. The second-order valence-corrected chi connectivity index (χ2v) is 8.44. The first-order valence-electron chi connectivity index (χ1n) is 10.8. The predicted octanol–water partition coefficient (Wildman–Crippen LogP) is 4.94. The van der Waals surface area contributed by atoms with Gasteiger partial charge in [0.2, 0.25) is 11.8 Å². The summed E-state index contributed by atoms with van der Waals surface area (Å²) in [7, 11) is 1.57. The van der Waals surface area contributed by atoms with Crippen LogP contribution in [0.2, 0.25) is 5.02 Å². The normalized spacial score (nSPS) is 11.9. The minimum absolute atomic E-state index is 0.143. The number of hydrogen-bond donors (Lipinski definition) is 1. The van der Waals surface area contributed by atoms with Gasteiger partial charge >= 0.3 is 0 Å². The number of carbonyl (C=O) groups excluding carboxylic acids is 1. The third kappa shape index (κ3) is 3.84. The summed E-state index contributed by atoms with van der Waals surface area (Å²) in [6, 6.07) is 20.0. The van der Waals surface area contributed by atoms with E-state index >= 15 is 0 Å². The van der Waals surface area contributed by atoms with Crippen LogP contribution in [0.4, 0.5) is 5.69 Å². The van der Waals surface area contributed by atoms with Crippen molar-refractivity contribution in [2.75, 3.05) is 12.4 Å². The molecule has 7 nitrogen and oxygen atoms in total. The van der Waals surface area contributed by atoms with Crippen LogP contribution >= 0.6 is 11.6 Å². The molecule has 3 aromatic carbocycles. The predicted molar refractivity (Wildman–Crippen MR) is 131 cm³/mol. The molecular weight excluding hydrogens is 454 g/mol. The Morgan fingerprint density at radius 2 is 1.91 bits per heavy atom. The van der Waals surface area contributed by atoms with Crippen molar-refractivity contribution in [3.8, 4) is 23.1 Å². The van der Waals surface area contributed by atoms with Crippen LogP contribution in [0.3, 0.4) is 0 Å². The van der Waals surface area contributed by atoms with Gasteiger partial charge in [0, 0.05) is 22.7 Å². The number of aryl methyl sites for hydroxylation is 1. The van der Waals surface area contributed by atoms with Crippen LogP contribution in [-0.4, -0.2) is 22.4 Å². The lowest BCUT2D eigenvalue weighted by molar-refractivity contribution is -0.117. The molecule has 8 heteroatoms. The zero-order valence-electron chi connectivity index (χ0n) is 18.7. The van der Waals surface area contributed by atoms with Gasteiger partial charge in [0.15, 0.2) is 11.5 Å². The highest BCUT2D eigenvalue weighted by molar-refractivity contribution is 6.31. The van der Waals surface area contributed by atoms with Crippen LogP contribution in [0.5, 0.6) is 17.4 Å². The van der Waals surface area contributed by atoms with Crippen LogP contribution in [0.15, 0.2) is 71.5 Å². The van der Waals surface area contributed by atoms with Crippen molar-refractivity contribution in [2.24, 2.45) is 0 Å². The molecule has 1 aromatic heterocycles. The van der Waals surface area contributed by atoms with E-state index in [9.17, 15) is 9.59 Å². The second kappa shape index (κ2) is 8.76. The smallest absolute Gasteiger partial charge is 0.278 e. The van der Waals surface area contributed by atoms with E-state index in [2.05, 4.69) is 5.32 Å². The molecular formula is C26H22ClN3O4. The maximum absolute atomic E-state index is 13.5. The van der Waals surface area contributed by atoms with Crippen LogP contribution in [0.25, 0.3) is 5.69 Å². The number of aromatic nitrogens is 2. The van der Waals surface area contributed by atoms with E-state index in [1.165, 1.54) is 4.68 Å². The number of benzene rings is 3. The number of anilines is 1. The highest BCUT2D eigenvalue weighted by atomic mass is 35.5. The molecule has 0 fully saturated rings. The molecule has 0 spiro atoms. The van der Waals surface area contributed by atoms with E-state index in [4.69, 9.17) is 21.1 Å². The summed E-state index contributed by atoms with van der Waals surface area (Å²) in [4.78, 5) is 26.6. The monoisotopic (exact) mass is 475 g/mol. The van der Waals surface area contributed by atoms with Gasteiger partial charge in [-0.15, -0.1) is 0 Å². The molecule has 2 heterocycles. The number of nitrogens with one attached hydrogen (secondary N) is 1. The minimum atomic E-state index is -0.322. The van der Waals surface area contributed by atoms with Gasteiger partial charge in [0.05, 0.1) is 18.4 Å². The summed E-state index contributed by atoms with van der Waals surface area (Å²) >= 11 is 6.20. The number of methoxy groups -OCH3 is 1. The Hall–Kier alpha value is -3.97. The highest BCUT2D eigenvalue weighted by Crippen LogP contribution is 2.41. The molecule has 0 unspecified atom stereocenters. The van der Waals surface area contributed by atoms with E-state index in [0.717, 1.165) is 11.1 Å². The van der Waals surface area contributed by atoms with E-state index in [1.54, 1.807) is 30.0 Å². The molecule has 0 bridgehead atoms.